The van der Waals surface area contributed by atoms with Crippen LogP contribution in [0.25, 0.3) is 0 Å². The Morgan fingerprint density at radius 1 is 1.32 bits per heavy atom. The molecular weight excluding hydrogens is 260 g/mol. The fourth-order valence-electron chi connectivity index (χ4n) is 1.47. The van der Waals surface area contributed by atoms with Crippen LogP contribution in [0, 0.1) is 0 Å². The maximum Gasteiger partial charge on any atom is 0.191 e. The number of nitrogens with zero attached hydrogens (tertiary/aromatic N) is 2. The van der Waals surface area contributed by atoms with E-state index < -0.39 is 0 Å². The Balaban J connectivity index is 2.92. The summed E-state index contributed by atoms with van der Waals surface area (Å²) in [6.07, 6.45) is 3.82. The second-order valence-corrected chi connectivity index (χ2v) is 5.52. The third kappa shape index (κ3) is 4.87. The molecule has 1 aromatic rings. The third-order valence-electron chi connectivity index (χ3n) is 3.00. The lowest BCUT2D eigenvalue weighted by Crippen LogP contribution is -2.38. The Morgan fingerprint density at radius 3 is 2.53 bits per heavy atom. The molecule has 0 bridgehead atoms. The van der Waals surface area contributed by atoms with Gasteiger partial charge in [0.1, 0.15) is 11.6 Å². The molecule has 0 fully saturated rings. The van der Waals surface area contributed by atoms with Crippen molar-refractivity contribution >= 4 is 23.4 Å². The number of nitrogens with one attached hydrogen (secondary N) is 2. The summed E-state index contributed by atoms with van der Waals surface area (Å²) in [5.74, 6) is 1.57. The lowest BCUT2D eigenvalue weighted by Gasteiger charge is -2.28. The number of aromatic nitrogens is 2. The molecule has 0 amide bonds. The molecule has 0 aromatic carbocycles. The molecule has 1 rings (SSSR count). The lowest BCUT2D eigenvalue weighted by atomic mass is 10.0. The highest BCUT2D eigenvalue weighted by Crippen LogP contribution is 2.21. The minimum Gasteiger partial charge on any atom is -0.394 e. The van der Waals surface area contributed by atoms with Crippen LogP contribution in [0.1, 0.15) is 33.6 Å². The van der Waals surface area contributed by atoms with E-state index >= 15 is 0 Å². The quantitative estimate of drug-likeness (QED) is 0.503. The van der Waals surface area contributed by atoms with Crippen LogP contribution in [-0.2, 0) is 0 Å². The van der Waals surface area contributed by atoms with Crippen molar-refractivity contribution in [1.29, 1.82) is 0 Å². The second kappa shape index (κ2) is 7.55. The molecule has 1 heterocycles. The zero-order valence-electron chi connectivity index (χ0n) is 12.2. The number of rotatable bonds is 8. The highest BCUT2D eigenvalue weighted by Gasteiger charge is 2.21. The van der Waals surface area contributed by atoms with Crippen LogP contribution in [0.15, 0.2) is 11.2 Å². The van der Waals surface area contributed by atoms with Gasteiger partial charge in [0.15, 0.2) is 5.16 Å². The zero-order chi connectivity index (χ0) is 14.3. The predicted octanol–water partition coefficient (Wildman–Crippen LogP) is 2.59. The average molecular weight is 284 g/mol. The van der Waals surface area contributed by atoms with Crippen molar-refractivity contribution < 1.29 is 5.11 Å². The molecule has 5 nitrogen and oxygen atoms in total. The monoisotopic (exact) mass is 284 g/mol. The van der Waals surface area contributed by atoms with Gasteiger partial charge in [0.05, 0.1) is 12.1 Å². The molecule has 0 radical (unpaired) electrons. The molecule has 6 heteroatoms. The first-order valence-corrected chi connectivity index (χ1v) is 7.85. The summed E-state index contributed by atoms with van der Waals surface area (Å²) in [5.41, 5.74) is -0.355. The van der Waals surface area contributed by atoms with Gasteiger partial charge in [-0.3, -0.25) is 0 Å². The van der Waals surface area contributed by atoms with E-state index in [0.29, 0.717) is 0 Å². The Morgan fingerprint density at radius 2 is 2.00 bits per heavy atom. The van der Waals surface area contributed by atoms with Crippen LogP contribution >= 0.6 is 11.8 Å². The molecule has 0 saturated heterocycles. The molecule has 108 valence electrons. The van der Waals surface area contributed by atoms with Crippen molar-refractivity contribution in [3.63, 3.8) is 0 Å². The molecule has 0 saturated carbocycles. The minimum atomic E-state index is -0.355. The normalized spacial score (nSPS) is 13.9. The van der Waals surface area contributed by atoms with E-state index in [1.807, 2.05) is 26.2 Å². The van der Waals surface area contributed by atoms with E-state index in [9.17, 15) is 5.11 Å². The Labute approximate surface area is 119 Å². The molecule has 3 N–H and O–H groups in total. The summed E-state index contributed by atoms with van der Waals surface area (Å²) >= 11 is 1.51. The van der Waals surface area contributed by atoms with Crippen LogP contribution in [0.5, 0.6) is 0 Å². The number of aliphatic hydroxyl groups is 1. The maximum absolute atomic E-state index is 9.46. The van der Waals surface area contributed by atoms with Crippen molar-refractivity contribution in [1.82, 2.24) is 9.97 Å². The summed E-state index contributed by atoms with van der Waals surface area (Å²) in [7, 11) is 0. The van der Waals surface area contributed by atoms with Gasteiger partial charge in [-0.2, -0.15) is 0 Å². The Kier molecular flexibility index (Phi) is 6.37. The molecule has 1 unspecified atom stereocenters. The minimum absolute atomic E-state index is 0.0693. The van der Waals surface area contributed by atoms with E-state index in [2.05, 4.69) is 27.5 Å². The summed E-state index contributed by atoms with van der Waals surface area (Å²) in [4.78, 5) is 8.84. The molecular formula is C13H24N4OS. The standard InChI is InChI=1S/C13H24N4OS/c1-5-7-14-10-8-11(16-12(15-10)19-4)17-13(3,6-2)9-18/h8,18H,5-7,9H2,1-4H3,(H2,14,15,16,17). The molecule has 1 aromatic heterocycles. The zero-order valence-corrected chi connectivity index (χ0v) is 13.0. The molecule has 19 heavy (non-hydrogen) atoms. The van der Waals surface area contributed by atoms with Crippen LogP contribution in [-0.4, -0.2) is 40.0 Å². The first-order valence-electron chi connectivity index (χ1n) is 6.63. The van der Waals surface area contributed by atoms with Gasteiger partial charge in [0.2, 0.25) is 0 Å². The smallest absolute Gasteiger partial charge is 0.191 e. The lowest BCUT2D eigenvalue weighted by molar-refractivity contribution is 0.218. The fourth-order valence-corrected chi connectivity index (χ4v) is 1.85. The van der Waals surface area contributed by atoms with Crippen molar-refractivity contribution in [2.75, 3.05) is 30.0 Å². The van der Waals surface area contributed by atoms with E-state index in [4.69, 9.17) is 0 Å². The van der Waals surface area contributed by atoms with Crippen LogP contribution < -0.4 is 10.6 Å². The molecule has 0 spiro atoms. The predicted molar refractivity (Wildman–Crippen MR) is 82.0 cm³/mol. The largest absolute Gasteiger partial charge is 0.394 e. The van der Waals surface area contributed by atoms with Crippen molar-refractivity contribution in [2.24, 2.45) is 0 Å². The van der Waals surface area contributed by atoms with Crippen LogP contribution in [0.3, 0.4) is 0 Å². The van der Waals surface area contributed by atoms with Gasteiger partial charge < -0.3 is 15.7 Å². The highest BCUT2D eigenvalue weighted by atomic mass is 32.2. The molecule has 0 aliphatic rings. The fraction of sp³-hybridized carbons (Fsp3) is 0.692. The van der Waals surface area contributed by atoms with Crippen LogP contribution in [0.2, 0.25) is 0 Å². The first-order chi connectivity index (χ1) is 9.06. The van der Waals surface area contributed by atoms with E-state index in [1.165, 1.54) is 11.8 Å². The molecule has 0 aliphatic carbocycles. The summed E-state index contributed by atoms with van der Waals surface area (Å²) < 4.78 is 0. The first kappa shape index (κ1) is 16.0. The number of thioether (sulfide) groups is 1. The Hall–Kier alpha value is -1.01. The SMILES string of the molecule is CCCNc1cc(NC(C)(CC)CO)nc(SC)n1. The van der Waals surface area contributed by atoms with Gasteiger partial charge in [-0.25, -0.2) is 9.97 Å². The summed E-state index contributed by atoms with van der Waals surface area (Å²) in [6.45, 7) is 7.08. The van der Waals surface area contributed by atoms with Crippen molar-refractivity contribution in [3.05, 3.63) is 6.07 Å². The number of anilines is 2. The van der Waals surface area contributed by atoms with Gasteiger partial charge in [-0.15, -0.1) is 0 Å². The topological polar surface area (TPSA) is 70.1 Å². The van der Waals surface area contributed by atoms with Gasteiger partial charge in [0, 0.05) is 12.6 Å². The maximum atomic E-state index is 9.46. The van der Waals surface area contributed by atoms with Crippen molar-refractivity contribution in [2.45, 2.75) is 44.3 Å². The average Bonchev–Trinajstić information content (AvgIpc) is 2.44. The Bertz CT molecular complexity index is 396. The van der Waals surface area contributed by atoms with Crippen molar-refractivity contribution in [3.8, 4) is 0 Å². The number of hydrogen-bond acceptors (Lipinski definition) is 6. The van der Waals surface area contributed by atoms with E-state index in [1.54, 1.807) is 0 Å². The summed E-state index contributed by atoms with van der Waals surface area (Å²) in [5, 5.41) is 16.7. The third-order valence-corrected chi connectivity index (χ3v) is 3.55. The molecule has 1 atom stereocenters. The molecule has 0 aliphatic heterocycles. The van der Waals surface area contributed by atoms with Gasteiger partial charge in [0.25, 0.3) is 0 Å². The van der Waals surface area contributed by atoms with E-state index in [0.717, 1.165) is 36.2 Å². The van der Waals surface area contributed by atoms with Gasteiger partial charge in [-0.05, 0) is 26.0 Å². The van der Waals surface area contributed by atoms with Gasteiger partial charge >= 0.3 is 0 Å². The number of aliphatic hydroxyl groups excluding tert-OH is 1. The second-order valence-electron chi connectivity index (χ2n) is 4.75. The van der Waals surface area contributed by atoms with Crippen LogP contribution in [0.4, 0.5) is 11.6 Å². The summed E-state index contributed by atoms with van der Waals surface area (Å²) in [6, 6.07) is 1.89. The van der Waals surface area contributed by atoms with E-state index in [-0.39, 0.29) is 12.1 Å². The highest BCUT2D eigenvalue weighted by molar-refractivity contribution is 7.98. The van der Waals surface area contributed by atoms with Gasteiger partial charge in [-0.1, -0.05) is 25.6 Å². The number of hydrogen-bond donors (Lipinski definition) is 3.